The van der Waals surface area contributed by atoms with Crippen molar-refractivity contribution in [3.05, 3.63) is 82.9 Å². The number of benzene rings is 2. The van der Waals surface area contributed by atoms with Crippen LogP contribution in [0.3, 0.4) is 0 Å². The van der Waals surface area contributed by atoms with Gasteiger partial charge >= 0.3 is 0 Å². The van der Waals surface area contributed by atoms with Crippen molar-refractivity contribution in [2.24, 2.45) is 0 Å². The summed E-state index contributed by atoms with van der Waals surface area (Å²) in [7, 11) is 0. The average Bonchev–Trinajstić information content (AvgIpc) is 2.48. The SMILES string of the molecule is CC=Cc1ccccc1C(=O)c1ccccc1C=CC. The predicted octanol–water partition coefficient (Wildman–Crippen LogP) is 4.98. The first-order chi connectivity index (χ1) is 9.77. The minimum Gasteiger partial charge on any atom is -0.289 e. The minimum absolute atomic E-state index is 0.0624. The molecule has 0 aliphatic rings. The van der Waals surface area contributed by atoms with Crippen LogP contribution in [-0.4, -0.2) is 5.78 Å². The van der Waals surface area contributed by atoms with Crippen LogP contribution in [0.2, 0.25) is 0 Å². The summed E-state index contributed by atoms with van der Waals surface area (Å²) in [5.41, 5.74) is 3.38. The fourth-order valence-electron chi connectivity index (χ4n) is 2.20. The zero-order valence-electron chi connectivity index (χ0n) is 11.8. The highest BCUT2D eigenvalue weighted by molar-refractivity contribution is 6.12. The maximum Gasteiger partial charge on any atom is 0.194 e. The van der Waals surface area contributed by atoms with Crippen LogP contribution in [-0.2, 0) is 0 Å². The van der Waals surface area contributed by atoms with Gasteiger partial charge in [-0.1, -0.05) is 72.8 Å². The first-order valence-electron chi connectivity index (χ1n) is 6.76. The molecule has 0 bridgehead atoms. The Morgan fingerprint density at radius 3 is 1.55 bits per heavy atom. The molecule has 2 aromatic rings. The van der Waals surface area contributed by atoms with E-state index < -0.39 is 0 Å². The number of carbonyl (C=O) groups is 1. The van der Waals surface area contributed by atoms with Gasteiger partial charge in [0.2, 0.25) is 0 Å². The molecule has 0 unspecified atom stereocenters. The first-order valence-corrected chi connectivity index (χ1v) is 6.76. The summed E-state index contributed by atoms with van der Waals surface area (Å²) in [6, 6.07) is 15.4. The molecule has 0 atom stereocenters. The summed E-state index contributed by atoms with van der Waals surface area (Å²) in [6.07, 6.45) is 7.82. The summed E-state index contributed by atoms with van der Waals surface area (Å²) in [6.45, 7) is 3.91. The van der Waals surface area contributed by atoms with E-state index in [4.69, 9.17) is 0 Å². The summed E-state index contributed by atoms with van der Waals surface area (Å²) in [4.78, 5) is 12.8. The molecule has 0 N–H and O–H groups in total. The Hall–Kier alpha value is -2.41. The van der Waals surface area contributed by atoms with Crippen LogP contribution in [0, 0.1) is 0 Å². The highest BCUT2D eigenvalue weighted by Gasteiger charge is 2.14. The zero-order valence-corrected chi connectivity index (χ0v) is 11.8. The fourth-order valence-corrected chi connectivity index (χ4v) is 2.20. The molecule has 0 aliphatic heterocycles. The highest BCUT2D eigenvalue weighted by Crippen LogP contribution is 2.19. The molecular weight excluding hydrogens is 244 g/mol. The number of rotatable bonds is 4. The molecule has 100 valence electrons. The molecule has 0 heterocycles. The highest BCUT2D eigenvalue weighted by atomic mass is 16.1. The Morgan fingerprint density at radius 1 is 0.750 bits per heavy atom. The molecule has 0 fully saturated rings. The van der Waals surface area contributed by atoms with E-state index in [2.05, 4.69) is 0 Å². The Morgan fingerprint density at radius 2 is 1.15 bits per heavy atom. The van der Waals surface area contributed by atoms with Gasteiger partial charge in [0.05, 0.1) is 0 Å². The molecule has 0 amide bonds. The summed E-state index contributed by atoms with van der Waals surface area (Å²) < 4.78 is 0. The van der Waals surface area contributed by atoms with E-state index in [1.165, 1.54) is 0 Å². The van der Waals surface area contributed by atoms with Crippen molar-refractivity contribution in [2.75, 3.05) is 0 Å². The average molecular weight is 262 g/mol. The van der Waals surface area contributed by atoms with Crippen molar-refractivity contribution in [3.8, 4) is 0 Å². The van der Waals surface area contributed by atoms with Gasteiger partial charge in [-0.15, -0.1) is 0 Å². The number of ketones is 1. The first kappa shape index (κ1) is 14.0. The van der Waals surface area contributed by atoms with Crippen molar-refractivity contribution in [2.45, 2.75) is 13.8 Å². The normalized spacial score (nSPS) is 11.3. The maximum atomic E-state index is 12.8. The minimum atomic E-state index is 0.0624. The van der Waals surface area contributed by atoms with Crippen molar-refractivity contribution in [3.63, 3.8) is 0 Å². The second kappa shape index (κ2) is 6.67. The van der Waals surface area contributed by atoms with Crippen LogP contribution in [0.4, 0.5) is 0 Å². The molecule has 20 heavy (non-hydrogen) atoms. The molecule has 0 aromatic heterocycles. The number of allylic oxidation sites excluding steroid dienone is 2. The molecular formula is C19H18O. The standard InChI is InChI=1S/C19H18O/c1-3-9-15-11-5-7-13-17(15)19(20)18-14-8-6-12-16(18)10-4-2/h3-14H,1-2H3. The molecule has 2 rings (SSSR count). The second-order valence-corrected chi connectivity index (χ2v) is 4.50. The number of hydrogen-bond acceptors (Lipinski definition) is 1. The number of hydrogen-bond donors (Lipinski definition) is 0. The van der Waals surface area contributed by atoms with Crippen LogP contribution in [0.5, 0.6) is 0 Å². The molecule has 0 spiro atoms. The molecule has 1 nitrogen and oxygen atoms in total. The molecule has 0 aliphatic carbocycles. The van der Waals surface area contributed by atoms with Gasteiger partial charge in [-0.3, -0.25) is 4.79 Å². The fraction of sp³-hybridized carbons (Fsp3) is 0.105. The van der Waals surface area contributed by atoms with Gasteiger partial charge in [-0.2, -0.15) is 0 Å². The van der Waals surface area contributed by atoms with Crippen LogP contribution in [0.15, 0.2) is 60.7 Å². The van der Waals surface area contributed by atoms with Gasteiger partial charge in [0.15, 0.2) is 5.78 Å². The zero-order chi connectivity index (χ0) is 14.4. The van der Waals surface area contributed by atoms with Gasteiger partial charge in [-0.05, 0) is 25.0 Å². The van der Waals surface area contributed by atoms with Crippen LogP contribution < -0.4 is 0 Å². The largest absolute Gasteiger partial charge is 0.289 e. The second-order valence-electron chi connectivity index (χ2n) is 4.50. The van der Waals surface area contributed by atoms with Gasteiger partial charge in [0.25, 0.3) is 0 Å². The molecule has 0 radical (unpaired) electrons. The van der Waals surface area contributed by atoms with Crippen molar-refractivity contribution < 1.29 is 4.79 Å². The van der Waals surface area contributed by atoms with Gasteiger partial charge < -0.3 is 0 Å². The third kappa shape index (κ3) is 2.94. The van der Waals surface area contributed by atoms with E-state index in [0.29, 0.717) is 0 Å². The smallest absolute Gasteiger partial charge is 0.194 e. The van der Waals surface area contributed by atoms with Gasteiger partial charge in [0.1, 0.15) is 0 Å². The van der Waals surface area contributed by atoms with Crippen LogP contribution >= 0.6 is 0 Å². The van der Waals surface area contributed by atoms with Crippen molar-refractivity contribution in [1.82, 2.24) is 0 Å². The van der Waals surface area contributed by atoms with Crippen molar-refractivity contribution in [1.29, 1.82) is 0 Å². The van der Waals surface area contributed by atoms with E-state index >= 15 is 0 Å². The predicted molar refractivity (Wildman–Crippen MR) is 85.7 cm³/mol. The third-order valence-corrected chi connectivity index (χ3v) is 3.10. The lowest BCUT2D eigenvalue weighted by atomic mass is 9.94. The summed E-state index contributed by atoms with van der Waals surface area (Å²) >= 11 is 0. The Labute approximate surface area is 120 Å². The Bertz CT molecular complexity index is 605. The molecule has 1 heteroatoms. The van der Waals surface area contributed by atoms with Crippen LogP contribution in [0.25, 0.3) is 12.2 Å². The summed E-state index contributed by atoms with van der Waals surface area (Å²) in [5.74, 6) is 0.0624. The quantitative estimate of drug-likeness (QED) is 0.710. The topological polar surface area (TPSA) is 17.1 Å². The molecule has 0 saturated carbocycles. The van der Waals surface area contributed by atoms with Gasteiger partial charge in [0, 0.05) is 11.1 Å². The van der Waals surface area contributed by atoms with Gasteiger partial charge in [-0.25, -0.2) is 0 Å². The maximum absolute atomic E-state index is 12.8. The lowest BCUT2D eigenvalue weighted by Gasteiger charge is -2.08. The van der Waals surface area contributed by atoms with E-state index in [0.717, 1.165) is 22.3 Å². The van der Waals surface area contributed by atoms with Crippen LogP contribution in [0.1, 0.15) is 40.9 Å². The lowest BCUT2D eigenvalue weighted by Crippen LogP contribution is -2.05. The lowest BCUT2D eigenvalue weighted by molar-refractivity contribution is 0.103. The Balaban J connectivity index is 2.52. The monoisotopic (exact) mass is 262 g/mol. The Kier molecular flexibility index (Phi) is 4.67. The van der Waals surface area contributed by atoms with E-state index in [9.17, 15) is 4.79 Å². The molecule has 0 saturated heterocycles. The van der Waals surface area contributed by atoms with E-state index in [1.807, 2.05) is 86.7 Å². The van der Waals surface area contributed by atoms with E-state index in [1.54, 1.807) is 0 Å². The molecule has 2 aromatic carbocycles. The third-order valence-electron chi connectivity index (χ3n) is 3.10. The van der Waals surface area contributed by atoms with Crippen molar-refractivity contribution >= 4 is 17.9 Å². The number of carbonyl (C=O) groups excluding carboxylic acids is 1. The summed E-state index contributed by atoms with van der Waals surface area (Å²) in [5, 5.41) is 0. The van der Waals surface area contributed by atoms with E-state index in [-0.39, 0.29) is 5.78 Å².